The van der Waals surface area contributed by atoms with Gasteiger partial charge >= 0.3 is 0 Å². The molecule has 0 aliphatic rings. The van der Waals surface area contributed by atoms with Crippen molar-refractivity contribution in [2.75, 3.05) is 13.7 Å². The fourth-order valence-corrected chi connectivity index (χ4v) is 0.978. The van der Waals surface area contributed by atoms with Crippen LogP contribution in [0.5, 0.6) is 5.75 Å². The molecule has 16 heavy (non-hydrogen) atoms. The van der Waals surface area contributed by atoms with Gasteiger partial charge in [0.05, 0.1) is 6.07 Å². The molecule has 5 heteroatoms. The maximum absolute atomic E-state index is 13.2. The molecule has 0 aromatic heterocycles. The van der Waals surface area contributed by atoms with Crippen molar-refractivity contribution in [1.29, 1.82) is 5.26 Å². The second kappa shape index (κ2) is 4.90. The van der Waals surface area contributed by atoms with Gasteiger partial charge in [-0.3, -0.25) is 5.32 Å². The maximum atomic E-state index is 13.2. The Morgan fingerprint density at radius 3 is 2.75 bits per heavy atom. The first-order valence-corrected chi connectivity index (χ1v) is 4.69. The van der Waals surface area contributed by atoms with Gasteiger partial charge in [-0.1, -0.05) is 6.07 Å². The summed E-state index contributed by atoms with van der Waals surface area (Å²) in [5.74, 6) is -2.21. The average Bonchev–Trinajstić information content (AvgIpc) is 2.31. The number of likely N-dealkylation sites (N-methyl/N-ethyl adjacent to an activating group) is 1. The summed E-state index contributed by atoms with van der Waals surface area (Å²) < 4.78 is 31.1. The summed E-state index contributed by atoms with van der Waals surface area (Å²) >= 11 is 0. The molecule has 0 aliphatic carbocycles. The van der Waals surface area contributed by atoms with Crippen LogP contribution in [0.15, 0.2) is 18.2 Å². The van der Waals surface area contributed by atoms with Gasteiger partial charge in [-0.2, -0.15) is 9.65 Å². The quantitative estimate of drug-likeness (QED) is 0.852. The first-order valence-electron chi connectivity index (χ1n) is 4.69. The van der Waals surface area contributed by atoms with E-state index in [9.17, 15) is 8.78 Å². The number of hydrogen-bond acceptors (Lipinski definition) is 3. The molecule has 0 bridgehead atoms. The van der Waals surface area contributed by atoms with Gasteiger partial charge < -0.3 is 4.74 Å². The lowest BCUT2D eigenvalue weighted by Gasteiger charge is -2.21. The van der Waals surface area contributed by atoms with E-state index in [1.54, 1.807) is 14.0 Å². The van der Waals surface area contributed by atoms with E-state index in [2.05, 4.69) is 5.32 Å². The van der Waals surface area contributed by atoms with Crippen molar-refractivity contribution in [1.82, 2.24) is 5.32 Å². The van der Waals surface area contributed by atoms with Crippen LogP contribution < -0.4 is 10.1 Å². The van der Waals surface area contributed by atoms with Crippen LogP contribution >= 0.6 is 0 Å². The lowest BCUT2D eigenvalue weighted by molar-refractivity contribution is 0.230. The number of hydrogen-bond donors (Lipinski definition) is 1. The molecule has 0 radical (unpaired) electrons. The number of halogens is 2. The summed E-state index contributed by atoms with van der Waals surface area (Å²) in [5, 5.41) is 11.6. The predicted molar refractivity (Wildman–Crippen MR) is 54.9 cm³/mol. The lowest BCUT2D eigenvalue weighted by Crippen LogP contribution is -2.43. The summed E-state index contributed by atoms with van der Waals surface area (Å²) in [6, 6.07) is 5.64. The van der Waals surface area contributed by atoms with Crippen molar-refractivity contribution in [3.63, 3.8) is 0 Å². The van der Waals surface area contributed by atoms with Gasteiger partial charge in [0, 0.05) is 0 Å². The lowest BCUT2D eigenvalue weighted by atomic mass is 10.1. The normalized spacial score (nSPS) is 13.9. The van der Waals surface area contributed by atoms with Gasteiger partial charge in [-0.05, 0) is 26.1 Å². The molecule has 0 amide bonds. The van der Waals surface area contributed by atoms with Gasteiger partial charge in [0.25, 0.3) is 0 Å². The van der Waals surface area contributed by atoms with Crippen LogP contribution in [0.4, 0.5) is 8.78 Å². The molecule has 3 nitrogen and oxygen atoms in total. The van der Waals surface area contributed by atoms with Crippen molar-refractivity contribution in [3.8, 4) is 11.8 Å². The molecule has 0 saturated heterocycles. The van der Waals surface area contributed by atoms with Crippen molar-refractivity contribution in [2.45, 2.75) is 12.5 Å². The standard InChI is InChI=1S/C11H12F2N2O/c1-11(6-14,15-2)7-16-9-5-3-4-8(12)10(9)13/h3-5,15H,7H2,1-2H3. The van der Waals surface area contributed by atoms with Gasteiger partial charge in [0.1, 0.15) is 12.1 Å². The first kappa shape index (κ1) is 12.4. The molecule has 1 unspecified atom stereocenters. The van der Waals surface area contributed by atoms with Crippen molar-refractivity contribution in [2.24, 2.45) is 0 Å². The number of nitrogens with one attached hydrogen (secondary N) is 1. The van der Waals surface area contributed by atoms with Gasteiger partial charge in [-0.15, -0.1) is 0 Å². The second-order valence-corrected chi connectivity index (χ2v) is 3.53. The summed E-state index contributed by atoms with van der Waals surface area (Å²) in [6.07, 6.45) is 0. The Hall–Kier alpha value is -1.67. The molecule has 1 N–H and O–H groups in total. The third kappa shape index (κ3) is 2.67. The molecule has 0 spiro atoms. The number of rotatable bonds is 4. The number of nitriles is 1. The number of benzene rings is 1. The molecular weight excluding hydrogens is 214 g/mol. The molecule has 1 atom stereocenters. The monoisotopic (exact) mass is 226 g/mol. The molecule has 1 aromatic carbocycles. The zero-order chi connectivity index (χ0) is 12.2. The maximum Gasteiger partial charge on any atom is 0.200 e. The molecule has 0 saturated carbocycles. The fraction of sp³-hybridized carbons (Fsp3) is 0.364. The van der Waals surface area contributed by atoms with E-state index in [0.29, 0.717) is 0 Å². The highest BCUT2D eigenvalue weighted by molar-refractivity contribution is 5.25. The fourth-order valence-electron chi connectivity index (χ4n) is 0.978. The van der Waals surface area contributed by atoms with E-state index in [0.717, 1.165) is 6.07 Å². The molecule has 1 aromatic rings. The Labute approximate surface area is 92.6 Å². The number of ether oxygens (including phenoxy) is 1. The molecule has 0 aliphatic heterocycles. The molecule has 0 fully saturated rings. The summed E-state index contributed by atoms with van der Waals surface area (Å²) in [6.45, 7) is 1.53. The predicted octanol–water partition coefficient (Wildman–Crippen LogP) is 1.85. The highest BCUT2D eigenvalue weighted by Gasteiger charge is 2.23. The van der Waals surface area contributed by atoms with Crippen LogP contribution in [-0.4, -0.2) is 19.2 Å². The zero-order valence-electron chi connectivity index (χ0n) is 9.05. The van der Waals surface area contributed by atoms with E-state index >= 15 is 0 Å². The topological polar surface area (TPSA) is 45.0 Å². The van der Waals surface area contributed by atoms with Crippen LogP contribution in [0.2, 0.25) is 0 Å². The van der Waals surface area contributed by atoms with Crippen LogP contribution in [0.1, 0.15) is 6.92 Å². The van der Waals surface area contributed by atoms with E-state index < -0.39 is 17.2 Å². The van der Waals surface area contributed by atoms with Gasteiger partial charge in [-0.25, -0.2) is 4.39 Å². The molecule has 86 valence electrons. The average molecular weight is 226 g/mol. The third-order valence-electron chi connectivity index (χ3n) is 2.23. The Bertz CT molecular complexity index is 417. The van der Waals surface area contributed by atoms with Crippen LogP contribution in [0.25, 0.3) is 0 Å². The summed E-state index contributed by atoms with van der Waals surface area (Å²) in [7, 11) is 1.59. The van der Waals surface area contributed by atoms with E-state index in [-0.39, 0.29) is 12.4 Å². The van der Waals surface area contributed by atoms with Crippen LogP contribution in [-0.2, 0) is 0 Å². The van der Waals surface area contributed by atoms with E-state index in [1.807, 2.05) is 6.07 Å². The minimum absolute atomic E-state index is 0.0691. The van der Waals surface area contributed by atoms with Gasteiger partial charge in [0.2, 0.25) is 5.82 Å². The Morgan fingerprint density at radius 2 is 2.19 bits per heavy atom. The molecule has 0 heterocycles. The Balaban J connectivity index is 2.76. The third-order valence-corrected chi connectivity index (χ3v) is 2.23. The zero-order valence-corrected chi connectivity index (χ0v) is 9.05. The minimum atomic E-state index is -1.04. The van der Waals surface area contributed by atoms with E-state index in [1.165, 1.54) is 12.1 Å². The largest absolute Gasteiger partial charge is 0.487 e. The second-order valence-electron chi connectivity index (χ2n) is 3.53. The van der Waals surface area contributed by atoms with Crippen LogP contribution in [0, 0.1) is 23.0 Å². The minimum Gasteiger partial charge on any atom is -0.487 e. The van der Waals surface area contributed by atoms with Crippen molar-refractivity contribution >= 4 is 0 Å². The summed E-state index contributed by atoms with van der Waals surface area (Å²) in [4.78, 5) is 0. The van der Waals surface area contributed by atoms with Crippen molar-refractivity contribution in [3.05, 3.63) is 29.8 Å². The highest BCUT2D eigenvalue weighted by atomic mass is 19.2. The smallest absolute Gasteiger partial charge is 0.200 e. The highest BCUT2D eigenvalue weighted by Crippen LogP contribution is 2.20. The van der Waals surface area contributed by atoms with E-state index in [4.69, 9.17) is 10.00 Å². The van der Waals surface area contributed by atoms with Gasteiger partial charge in [0.15, 0.2) is 11.6 Å². The van der Waals surface area contributed by atoms with Crippen LogP contribution in [0.3, 0.4) is 0 Å². The first-order chi connectivity index (χ1) is 7.52. The summed E-state index contributed by atoms with van der Waals surface area (Å²) in [5.41, 5.74) is -0.932. The SMILES string of the molecule is CNC(C)(C#N)COc1cccc(F)c1F. The number of nitrogens with zero attached hydrogens (tertiary/aromatic N) is 1. The Kier molecular flexibility index (Phi) is 3.80. The Morgan fingerprint density at radius 1 is 1.50 bits per heavy atom. The molecule has 1 rings (SSSR count). The van der Waals surface area contributed by atoms with Crippen molar-refractivity contribution < 1.29 is 13.5 Å². The molecular formula is C11H12F2N2O.